The molecule has 0 radical (unpaired) electrons. The maximum Gasteiger partial charge on any atom is 0.310 e. The molecular weight excluding hydrogens is 395 g/mol. The van der Waals surface area contributed by atoms with E-state index in [4.69, 9.17) is 27.2 Å². The van der Waals surface area contributed by atoms with Crippen LogP contribution >= 0.6 is 11.6 Å². The molecule has 29 heavy (non-hydrogen) atoms. The minimum atomic E-state index is -0.378. The first kappa shape index (κ1) is 23.3. The minimum absolute atomic E-state index is 0.00116. The Bertz CT molecular complexity index is 786. The number of aliphatic hydroxyl groups is 1. The summed E-state index contributed by atoms with van der Waals surface area (Å²) in [5.41, 5.74) is 8.46. The molecule has 0 fully saturated rings. The Hall–Kier alpha value is -1.99. The lowest BCUT2D eigenvalue weighted by Crippen LogP contribution is -2.37. The maximum absolute atomic E-state index is 14.0. The third-order valence-corrected chi connectivity index (χ3v) is 4.81. The average molecular weight is 423 g/mol. The van der Waals surface area contributed by atoms with Crippen molar-refractivity contribution in [1.82, 2.24) is 5.32 Å². The summed E-state index contributed by atoms with van der Waals surface area (Å²) in [4.78, 5) is 12.2. The number of halogens is 2. The molecule has 0 aliphatic carbocycles. The van der Waals surface area contributed by atoms with Crippen molar-refractivity contribution in [2.75, 3.05) is 26.3 Å². The van der Waals surface area contributed by atoms with Crippen molar-refractivity contribution in [2.45, 2.75) is 25.8 Å². The first-order valence-electron chi connectivity index (χ1n) is 9.72. The number of nitrogens with two attached hydrogens (primary N) is 1. The molecule has 2 aromatic carbocycles. The molecule has 2 aromatic rings. The van der Waals surface area contributed by atoms with Gasteiger partial charge < -0.3 is 20.9 Å². The highest BCUT2D eigenvalue weighted by Gasteiger charge is 2.22. The zero-order valence-electron chi connectivity index (χ0n) is 16.5. The van der Waals surface area contributed by atoms with Gasteiger partial charge >= 0.3 is 5.97 Å². The minimum Gasteiger partial charge on any atom is -0.466 e. The average Bonchev–Trinajstić information content (AvgIpc) is 2.70. The van der Waals surface area contributed by atoms with Crippen LogP contribution in [-0.4, -0.2) is 43.4 Å². The third kappa shape index (κ3) is 7.40. The summed E-state index contributed by atoms with van der Waals surface area (Å²) < 4.78 is 19.2. The number of carbonyl (C=O) groups excluding carboxylic acids is 1. The predicted octanol–water partition coefficient (Wildman–Crippen LogP) is 3.17. The Morgan fingerprint density at radius 2 is 2.00 bits per heavy atom. The first-order chi connectivity index (χ1) is 13.9. The zero-order chi connectivity index (χ0) is 21.2. The molecule has 0 aliphatic rings. The van der Waals surface area contributed by atoms with E-state index in [1.165, 1.54) is 12.1 Å². The van der Waals surface area contributed by atoms with Crippen LogP contribution in [-0.2, 0) is 16.0 Å². The second kappa shape index (κ2) is 11.9. The topological polar surface area (TPSA) is 84.6 Å². The number of hydrogen-bond donors (Lipinski definition) is 3. The van der Waals surface area contributed by atoms with Gasteiger partial charge in [0.1, 0.15) is 5.82 Å². The van der Waals surface area contributed by atoms with Gasteiger partial charge in [0.2, 0.25) is 0 Å². The van der Waals surface area contributed by atoms with Gasteiger partial charge in [0.05, 0.1) is 19.1 Å². The largest absolute Gasteiger partial charge is 0.466 e. The molecule has 2 atom stereocenters. The van der Waals surface area contributed by atoms with Crippen LogP contribution in [0.3, 0.4) is 0 Å². The van der Waals surface area contributed by atoms with Gasteiger partial charge in [-0.1, -0.05) is 35.9 Å². The van der Waals surface area contributed by atoms with E-state index in [2.05, 4.69) is 5.32 Å². The van der Waals surface area contributed by atoms with Gasteiger partial charge in [0.25, 0.3) is 0 Å². The molecule has 7 heteroatoms. The highest BCUT2D eigenvalue weighted by atomic mass is 35.5. The fraction of sp³-hybridized carbons (Fsp3) is 0.409. The lowest BCUT2D eigenvalue weighted by molar-refractivity contribution is -0.148. The number of nitrogens with one attached hydrogen (secondary N) is 1. The SMILES string of the molecule is CCOC(=O)C(CNCCO)CC(N)Cc1ccc(-c2cc(Cl)ccc2F)cc1. The predicted molar refractivity (Wildman–Crippen MR) is 113 cm³/mol. The van der Waals surface area contributed by atoms with Gasteiger partial charge in [-0.3, -0.25) is 4.79 Å². The number of hydrogen-bond acceptors (Lipinski definition) is 5. The molecule has 0 aromatic heterocycles. The van der Waals surface area contributed by atoms with Crippen molar-refractivity contribution in [3.05, 3.63) is 58.9 Å². The summed E-state index contributed by atoms with van der Waals surface area (Å²) in [5.74, 6) is -0.997. The first-order valence-corrected chi connectivity index (χ1v) is 10.1. The van der Waals surface area contributed by atoms with Crippen LogP contribution in [0.25, 0.3) is 11.1 Å². The van der Waals surface area contributed by atoms with Crippen LogP contribution in [0.2, 0.25) is 5.02 Å². The fourth-order valence-electron chi connectivity index (χ4n) is 3.17. The molecule has 2 rings (SSSR count). The number of rotatable bonds is 11. The molecule has 5 nitrogen and oxygen atoms in total. The van der Waals surface area contributed by atoms with Crippen molar-refractivity contribution >= 4 is 17.6 Å². The van der Waals surface area contributed by atoms with Crippen LogP contribution in [0.4, 0.5) is 4.39 Å². The van der Waals surface area contributed by atoms with Crippen molar-refractivity contribution in [3.63, 3.8) is 0 Å². The highest BCUT2D eigenvalue weighted by Crippen LogP contribution is 2.26. The van der Waals surface area contributed by atoms with Crippen LogP contribution < -0.4 is 11.1 Å². The van der Waals surface area contributed by atoms with E-state index in [1.807, 2.05) is 24.3 Å². The van der Waals surface area contributed by atoms with Crippen LogP contribution in [0, 0.1) is 11.7 Å². The molecule has 0 spiro atoms. The Balaban J connectivity index is 2.00. The van der Waals surface area contributed by atoms with E-state index in [9.17, 15) is 9.18 Å². The third-order valence-electron chi connectivity index (χ3n) is 4.58. The smallest absolute Gasteiger partial charge is 0.310 e. The second-order valence-electron chi connectivity index (χ2n) is 6.90. The maximum atomic E-state index is 14.0. The molecule has 0 amide bonds. The van der Waals surface area contributed by atoms with Gasteiger partial charge in [-0.15, -0.1) is 0 Å². The molecule has 158 valence electrons. The normalized spacial score (nSPS) is 13.1. The van der Waals surface area contributed by atoms with Gasteiger partial charge in [-0.25, -0.2) is 4.39 Å². The van der Waals surface area contributed by atoms with E-state index >= 15 is 0 Å². The lowest BCUT2D eigenvalue weighted by atomic mass is 9.94. The summed E-state index contributed by atoms with van der Waals surface area (Å²) in [5, 5.41) is 12.4. The summed E-state index contributed by atoms with van der Waals surface area (Å²) in [7, 11) is 0. The molecule has 4 N–H and O–H groups in total. The molecule has 2 unspecified atom stereocenters. The summed E-state index contributed by atoms with van der Waals surface area (Å²) in [6.45, 7) is 2.89. The monoisotopic (exact) mass is 422 g/mol. The van der Waals surface area contributed by atoms with Gasteiger partial charge in [-0.2, -0.15) is 0 Å². The van der Waals surface area contributed by atoms with E-state index < -0.39 is 0 Å². The molecular formula is C22H28ClFN2O3. The Labute approximate surface area is 176 Å². The van der Waals surface area contributed by atoms with Crippen LogP contribution in [0.5, 0.6) is 0 Å². The van der Waals surface area contributed by atoms with Gasteiger partial charge in [0, 0.05) is 29.7 Å². The second-order valence-corrected chi connectivity index (χ2v) is 7.33. The fourth-order valence-corrected chi connectivity index (χ4v) is 3.34. The number of benzene rings is 2. The summed E-state index contributed by atoms with van der Waals surface area (Å²) >= 11 is 5.97. The van der Waals surface area contributed by atoms with E-state index in [1.54, 1.807) is 13.0 Å². The van der Waals surface area contributed by atoms with Crippen molar-refractivity contribution < 1.29 is 19.0 Å². The molecule has 0 heterocycles. The Morgan fingerprint density at radius 3 is 2.66 bits per heavy atom. The lowest BCUT2D eigenvalue weighted by Gasteiger charge is -2.20. The summed E-state index contributed by atoms with van der Waals surface area (Å²) in [6.07, 6.45) is 1.04. The van der Waals surface area contributed by atoms with Crippen LogP contribution in [0.1, 0.15) is 18.9 Å². The number of esters is 1. The van der Waals surface area contributed by atoms with Crippen LogP contribution in [0.15, 0.2) is 42.5 Å². The Kier molecular flexibility index (Phi) is 9.54. The molecule has 0 saturated carbocycles. The summed E-state index contributed by atoms with van der Waals surface area (Å²) in [6, 6.07) is 11.7. The molecule has 0 saturated heterocycles. The van der Waals surface area contributed by atoms with Crippen molar-refractivity contribution in [2.24, 2.45) is 11.7 Å². The standard InChI is InChI=1S/C22H28ClFN2O3/c1-2-29-22(28)17(14-26-9-10-27)12-19(25)11-15-3-5-16(6-4-15)20-13-18(23)7-8-21(20)24/h3-8,13,17,19,26-27H,2,9-12,14,25H2,1H3. The Morgan fingerprint density at radius 1 is 1.28 bits per heavy atom. The van der Waals surface area contributed by atoms with E-state index in [-0.39, 0.29) is 30.4 Å². The van der Waals surface area contributed by atoms with Gasteiger partial charge in [-0.05, 0) is 49.1 Å². The molecule has 0 bridgehead atoms. The molecule has 0 aliphatic heterocycles. The number of aliphatic hydroxyl groups excluding tert-OH is 1. The number of ether oxygens (including phenoxy) is 1. The zero-order valence-corrected chi connectivity index (χ0v) is 17.3. The van der Waals surface area contributed by atoms with Crippen molar-refractivity contribution in [3.8, 4) is 11.1 Å². The van der Waals surface area contributed by atoms with Gasteiger partial charge in [0.15, 0.2) is 0 Å². The van der Waals surface area contributed by atoms with E-state index in [0.29, 0.717) is 43.1 Å². The highest BCUT2D eigenvalue weighted by molar-refractivity contribution is 6.30. The van der Waals surface area contributed by atoms with E-state index in [0.717, 1.165) is 11.1 Å². The number of carbonyl (C=O) groups is 1. The van der Waals surface area contributed by atoms with Crippen molar-refractivity contribution in [1.29, 1.82) is 0 Å². The quantitative estimate of drug-likeness (QED) is 0.382.